The second-order valence-corrected chi connectivity index (χ2v) is 7.50. The van der Waals surface area contributed by atoms with E-state index in [1.807, 2.05) is 38.1 Å². The minimum Gasteiger partial charge on any atom is -0.324 e. The summed E-state index contributed by atoms with van der Waals surface area (Å²) in [4.78, 5) is 38.6. The highest BCUT2D eigenvalue weighted by atomic mass is 16.2. The zero-order valence-electron chi connectivity index (χ0n) is 18.3. The van der Waals surface area contributed by atoms with E-state index in [2.05, 4.69) is 16.0 Å². The number of nitrogens with zero attached hydrogens (tertiary/aromatic N) is 1. The molecule has 0 bridgehead atoms. The van der Waals surface area contributed by atoms with Crippen molar-refractivity contribution in [2.75, 3.05) is 29.5 Å². The maximum atomic E-state index is 12.5. The van der Waals surface area contributed by atoms with Crippen molar-refractivity contribution in [3.05, 3.63) is 89.5 Å². The van der Waals surface area contributed by atoms with Gasteiger partial charge < -0.3 is 20.9 Å². The maximum Gasteiger partial charge on any atom is 0.322 e. The standard InChI is InChI=1S/C25H26N4O3/c1-17-9-7-10-18(2)23(17)28-22(30)16-29(3)25(32)27-21-14-8-13-20(15-21)26-24(31)19-11-5-4-6-12-19/h4-15H,16H2,1-3H3,(H,26,31)(H,27,32)(H,28,30). The van der Waals surface area contributed by atoms with Crippen LogP contribution in [0.25, 0.3) is 0 Å². The Kier molecular flexibility index (Phi) is 7.23. The highest BCUT2D eigenvalue weighted by Crippen LogP contribution is 2.19. The quantitative estimate of drug-likeness (QED) is 0.531. The van der Waals surface area contributed by atoms with Crippen molar-refractivity contribution in [1.82, 2.24) is 4.90 Å². The average Bonchev–Trinajstić information content (AvgIpc) is 2.77. The summed E-state index contributed by atoms with van der Waals surface area (Å²) < 4.78 is 0. The topological polar surface area (TPSA) is 90.5 Å². The minimum absolute atomic E-state index is 0.107. The number of carbonyl (C=O) groups is 3. The number of para-hydroxylation sites is 1. The van der Waals surface area contributed by atoms with Crippen LogP contribution in [-0.4, -0.2) is 36.3 Å². The summed E-state index contributed by atoms with van der Waals surface area (Å²) in [5, 5.41) is 8.41. The molecule has 0 atom stereocenters. The summed E-state index contributed by atoms with van der Waals surface area (Å²) in [5.41, 5.74) is 4.26. The van der Waals surface area contributed by atoms with Crippen LogP contribution in [0.3, 0.4) is 0 Å². The van der Waals surface area contributed by atoms with Crippen molar-refractivity contribution in [2.24, 2.45) is 0 Å². The Balaban J connectivity index is 1.57. The normalized spacial score (nSPS) is 10.2. The first-order valence-electron chi connectivity index (χ1n) is 10.2. The number of carbonyl (C=O) groups excluding carboxylic acids is 3. The molecule has 3 N–H and O–H groups in total. The second-order valence-electron chi connectivity index (χ2n) is 7.50. The Morgan fingerprint density at radius 1 is 0.750 bits per heavy atom. The van der Waals surface area contributed by atoms with Crippen LogP contribution < -0.4 is 16.0 Å². The van der Waals surface area contributed by atoms with E-state index in [9.17, 15) is 14.4 Å². The minimum atomic E-state index is -0.437. The lowest BCUT2D eigenvalue weighted by atomic mass is 10.1. The number of likely N-dealkylation sites (N-methyl/N-ethyl adjacent to an activating group) is 1. The Morgan fingerprint density at radius 2 is 1.34 bits per heavy atom. The molecular weight excluding hydrogens is 404 g/mol. The second kappa shape index (κ2) is 10.3. The molecule has 164 valence electrons. The number of rotatable bonds is 6. The molecular formula is C25H26N4O3. The summed E-state index contributed by atoms with van der Waals surface area (Å²) in [7, 11) is 1.54. The maximum absolute atomic E-state index is 12.5. The summed E-state index contributed by atoms with van der Waals surface area (Å²) in [5.74, 6) is -0.529. The lowest BCUT2D eigenvalue weighted by Gasteiger charge is -2.19. The zero-order chi connectivity index (χ0) is 23.1. The number of hydrogen-bond acceptors (Lipinski definition) is 3. The molecule has 0 radical (unpaired) electrons. The van der Waals surface area contributed by atoms with Crippen LogP contribution in [0.1, 0.15) is 21.5 Å². The van der Waals surface area contributed by atoms with E-state index in [4.69, 9.17) is 0 Å². The van der Waals surface area contributed by atoms with Crippen LogP contribution in [0.15, 0.2) is 72.8 Å². The molecule has 3 rings (SSSR count). The molecule has 0 unspecified atom stereocenters. The Morgan fingerprint density at radius 3 is 2.00 bits per heavy atom. The molecule has 0 aliphatic heterocycles. The van der Waals surface area contributed by atoms with E-state index < -0.39 is 6.03 Å². The van der Waals surface area contributed by atoms with E-state index >= 15 is 0 Å². The Bertz CT molecular complexity index is 1110. The zero-order valence-corrected chi connectivity index (χ0v) is 18.3. The van der Waals surface area contributed by atoms with Gasteiger partial charge in [0.15, 0.2) is 0 Å². The highest BCUT2D eigenvalue weighted by molar-refractivity contribution is 6.04. The van der Waals surface area contributed by atoms with Gasteiger partial charge in [0.1, 0.15) is 6.54 Å². The van der Waals surface area contributed by atoms with Crippen LogP contribution >= 0.6 is 0 Å². The van der Waals surface area contributed by atoms with Gasteiger partial charge in [0.2, 0.25) is 5.91 Å². The fraction of sp³-hybridized carbons (Fsp3) is 0.160. The lowest BCUT2D eigenvalue weighted by molar-refractivity contribution is -0.116. The van der Waals surface area contributed by atoms with E-state index in [1.165, 1.54) is 4.90 Å². The Labute approximate surface area is 187 Å². The van der Waals surface area contributed by atoms with Gasteiger partial charge >= 0.3 is 6.03 Å². The molecule has 0 fully saturated rings. The first-order chi connectivity index (χ1) is 15.3. The number of benzene rings is 3. The summed E-state index contributed by atoms with van der Waals surface area (Å²) in [6, 6.07) is 21.0. The summed E-state index contributed by atoms with van der Waals surface area (Å²) in [6.07, 6.45) is 0. The molecule has 0 heterocycles. The van der Waals surface area contributed by atoms with Crippen molar-refractivity contribution in [3.8, 4) is 0 Å². The molecule has 3 aromatic carbocycles. The van der Waals surface area contributed by atoms with Crippen LogP contribution in [0, 0.1) is 13.8 Å². The number of nitrogens with one attached hydrogen (secondary N) is 3. The smallest absolute Gasteiger partial charge is 0.322 e. The fourth-order valence-corrected chi connectivity index (χ4v) is 3.16. The number of urea groups is 1. The van der Waals surface area contributed by atoms with Gasteiger partial charge in [-0.3, -0.25) is 9.59 Å². The molecule has 0 saturated heterocycles. The molecule has 0 aliphatic rings. The van der Waals surface area contributed by atoms with E-state index in [1.54, 1.807) is 55.6 Å². The summed E-state index contributed by atoms with van der Waals surface area (Å²) in [6.45, 7) is 3.73. The third-order valence-corrected chi connectivity index (χ3v) is 4.88. The van der Waals surface area contributed by atoms with E-state index in [0.717, 1.165) is 16.8 Å². The van der Waals surface area contributed by atoms with Crippen LogP contribution in [-0.2, 0) is 4.79 Å². The number of amides is 4. The molecule has 0 aliphatic carbocycles. The molecule has 0 spiro atoms. The van der Waals surface area contributed by atoms with Crippen LogP contribution in [0.5, 0.6) is 0 Å². The summed E-state index contributed by atoms with van der Waals surface area (Å²) >= 11 is 0. The first-order valence-corrected chi connectivity index (χ1v) is 10.2. The van der Waals surface area contributed by atoms with Crippen LogP contribution in [0.4, 0.5) is 21.9 Å². The first kappa shape index (κ1) is 22.6. The molecule has 4 amide bonds. The predicted molar refractivity (Wildman–Crippen MR) is 127 cm³/mol. The van der Waals surface area contributed by atoms with Crippen molar-refractivity contribution < 1.29 is 14.4 Å². The van der Waals surface area contributed by atoms with Crippen molar-refractivity contribution >= 4 is 34.9 Å². The van der Waals surface area contributed by atoms with Gasteiger partial charge in [-0.2, -0.15) is 0 Å². The third-order valence-electron chi connectivity index (χ3n) is 4.88. The molecule has 0 aromatic heterocycles. The molecule has 7 heteroatoms. The number of hydrogen-bond donors (Lipinski definition) is 3. The van der Waals surface area contributed by atoms with Crippen molar-refractivity contribution in [3.63, 3.8) is 0 Å². The largest absolute Gasteiger partial charge is 0.324 e. The molecule has 0 saturated carbocycles. The lowest BCUT2D eigenvalue weighted by Crippen LogP contribution is -2.37. The van der Waals surface area contributed by atoms with E-state index in [-0.39, 0.29) is 18.4 Å². The van der Waals surface area contributed by atoms with E-state index in [0.29, 0.717) is 16.9 Å². The van der Waals surface area contributed by atoms with Crippen LogP contribution in [0.2, 0.25) is 0 Å². The average molecular weight is 431 g/mol. The van der Waals surface area contributed by atoms with Gasteiger partial charge in [-0.05, 0) is 55.3 Å². The van der Waals surface area contributed by atoms with Gasteiger partial charge in [-0.25, -0.2) is 4.79 Å². The number of anilines is 3. The molecule has 32 heavy (non-hydrogen) atoms. The number of aryl methyl sites for hydroxylation is 2. The van der Waals surface area contributed by atoms with Gasteiger partial charge in [0.25, 0.3) is 5.91 Å². The Hall–Kier alpha value is -4.13. The highest BCUT2D eigenvalue weighted by Gasteiger charge is 2.15. The van der Waals surface area contributed by atoms with Crippen molar-refractivity contribution in [2.45, 2.75) is 13.8 Å². The van der Waals surface area contributed by atoms with Gasteiger partial charge in [-0.1, -0.05) is 42.5 Å². The van der Waals surface area contributed by atoms with Crippen molar-refractivity contribution in [1.29, 1.82) is 0 Å². The third kappa shape index (κ3) is 5.95. The predicted octanol–water partition coefficient (Wildman–Crippen LogP) is 4.66. The molecule has 7 nitrogen and oxygen atoms in total. The monoisotopic (exact) mass is 430 g/mol. The van der Waals surface area contributed by atoms with Gasteiger partial charge in [0, 0.05) is 29.7 Å². The van der Waals surface area contributed by atoms with Gasteiger partial charge in [-0.15, -0.1) is 0 Å². The SMILES string of the molecule is Cc1cccc(C)c1NC(=O)CN(C)C(=O)Nc1cccc(NC(=O)c2ccccc2)c1. The molecule has 3 aromatic rings. The van der Waals surface area contributed by atoms with Gasteiger partial charge in [0.05, 0.1) is 0 Å². The fourth-order valence-electron chi connectivity index (χ4n) is 3.16.